The molecule has 4 rings (SSSR count). The molecule has 136 valence electrons. The molecule has 0 bridgehead atoms. The van der Waals surface area contributed by atoms with E-state index in [1.165, 1.54) is 5.56 Å². The van der Waals surface area contributed by atoms with Gasteiger partial charge >= 0.3 is 0 Å². The van der Waals surface area contributed by atoms with Crippen LogP contribution in [-0.2, 0) is 16.6 Å². The average Bonchev–Trinajstić information content (AvgIpc) is 3.09. The Morgan fingerprint density at radius 3 is 2.44 bits per heavy atom. The minimum absolute atomic E-state index is 0.217. The summed E-state index contributed by atoms with van der Waals surface area (Å²) in [5, 5.41) is 6.21. The van der Waals surface area contributed by atoms with Crippen LogP contribution in [0.2, 0.25) is 0 Å². The summed E-state index contributed by atoms with van der Waals surface area (Å²) in [6, 6.07) is 22.6. The van der Waals surface area contributed by atoms with Crippen LogP contribution < -0.4 is 4.72 Å². The van der Waals surface area contributed by atoms with Gasteiger partial charge in [-0.25, -0.2) is 8.42 Å². The van der Waals surface area contributed by atoms with Crippen LogP contribution in [0.1, 0.15) is 11.1 Å². The van der Waals surface area contributed by atoms with E-state index in [-0.39, 0.29) is 4.90 Å². The van der Waals surface area contributed by atoms with Crippen LogP contribution in [0.15, 0.2) is 83.9 Å². The predicted octanol–water partition coefficient (Wildman–Crippen LogP) is 4.19. The average molecular weight is 377 g/mol. The summed E-state index contributed by atoms with van der Waals surface area (Å²) < 4.78 is 29.6. The van der Waals surface area contributed by atoms with E-state index in [1.54, 1.807) is 35.1 Å². The summed E-state index contributed by atoms with van der Waals surface area (Å²) in [7, 11) is -3.70. The van der Waals surface area contributed by atoms with Crippen LogP contribution in [0, 0.1) is 6.92 Å². The standard InChI is InChI=1S/C21H19N3O2S/c1-16-6-8-17(9-7-16)15-24-13-12-21(22-24)23-27(25,26)20-11-10-18-4-2-3-5-19(18)14-20/h2-14H,15H2,1H3,(H,22,23). The Balaban J connectivity index is 1.53. The van der Waals surface area contributed by atoms with Crippen molar-refractivity contribution in [2.45, 2.75) is 18.4 Å². The Labute approximate surface area is 158 Å². The number of rotatable bonds is 5. The molecular weight excluding hydrogens is 358 g/mol. The fourth-order valence-electron chi connectivity index (χ4n) is 2.92. The zero-order chi connectivity index (χ0) is 18.9. The molecule has 0 aliphatic heterocycles. The van der Waals surface area contributed by atoms with Gasteiger partial charge in [0.15, 0.2) is 5.82 Å². The number of aryl methyl sites for hydroxylation is 1. The molecule has 0 unspecified atom stereocenters. The van der Waals surface area contributed by atoms with Crippen LogP contribution in [0.5, 0.6) is 0 Å². The molecule has 1 N–H and O–H groups in total. The molecule has 27 heavy (non-hydrogen) atoms. The summed E-state index contributed by atoms with van der Waals surface area (Å²) in [6.45, 7) is 2.62. The number of nitrogens with one attached hydrogen (secondary N) is 1. The summed E-state index contributed by atoms with van der Waals surface area (Å²) in [5.74, 6) is 0.301. The van der Waals surface area contributed by atoms with Crippen LogP contribution in [0.25, 0.3) is 10.8 Å². The van der Waals surface area contributed by atoms with Crippen molar-refractivity contribution >= 4 is 26.6 Å². The van der Waals surface area contributed by atoms with E-state index in [1.807, 2.05) is 55.5 Å². The van der Waals surface area contributed by atoms with Gasteiger partial charge in [-0.3, -0.25) is 9.40 Å². The zero-order valence-electron chi connectivity index (χ0n) is 14.8. The van der Waals surface area contributed by atoms with E-state index < -0.39 is 10.0 Å². The zero-order valence-corrected chi connectivity index (χ0v) is 15.6. The van der Waals surface area contributed by atoms with E-state index in [9.17, 15) is 8.42 Å². The molecule has 0 saturated heterocycles. The van der Waals surface area contributed by atoms with Crippen molar-refractivity contribution in [1.82, 2.24) is 9.78 Å². The van der Waals surface area contributed by atoms with Crippen molar-refractivity contribution in [3.8, 4) is 0 Å². The highest BCUT2D eigenvalue weighted by molar-refractivity contribution is 7.92. The summed E-state index contributed by atoms with van der Waals surface area (Å²) in [4.78, 5) is 0.217. The maximum Gasteiger partial charge on any atom is 0.263 e. The number of anilines is 1. The molecule has 0 saturated carbocycles. The molecule has 0 spiro atoms. The number of fused-ring (bicyclic) bond motifs is 1. The van der Waals surface area contributed by atoms with E-state index in [0.29, 0.717) is 12.4 Å². The minimum atomic E-state index is -3.70. The Morgan fingerprint density at radius 1 is 0.926 bits per heavy atom. The third kappa shape index (κ3) is 3.85. The first kappa shape index (κ1) is 17.3. The molecule has 4 aromatic rings. The summed E-state index contributed by atoms with van der Waals surface area (Å²) in [5.41, 5.74) is 2.30. The fraction of sp³-hybridized carbons (Fsp3) is 0.0952. The molecule has 0 aliphatic rings. The van der Waals surface area contributed by atoms with Crippen molar-refractivity contribution < 1.29 is 8.42 Å². The molecule has 1 heterocycles. The van der Waals surface area contributed by atoms with E-state index in [0.717, 1.165) is 16.3 Å². The lowest BCUT2D eigenvalue weighted by Gasteiger charge is -2.07. The minimum Gasteiger partial charge on any atom is -0.266 e. The third-order valence-corrected chi connectivity index (χ3v) is 5.73. The molecule has 5 nitrogen and oxygen atoms in total. The van der Waals surface area contributed by atoms with Crippen molar-refractivity contribution in [1.29, 1.82) is 0 Å². The number of aromatic nitrogens is 2. The van der Waals surface area contributed by atoms with Gasteiger partial charge in [0.25, 0.3) is 10.0 Å². The van der Waals surface area contributed by atoms with Gasteiger partial charge in [0.05, 0.1) is 11.4 Å². The largest absolute Gasteiger partial charge is 0.266 e. The van der Waals surface area contributed by atoms with Crippen molar-refractivity contribution in [2.24, 2.45) is 0 Å². The van der Waals surface area contributed by atoms with Crippen LogP contribution in [0.4, 0.5) is 5.82 Å². The Kier molecular flexibility index (Phi) is 4.41. The molecule has 0 radical (unpaired) electrons. The van der Waals surface area contributed by atoms with E-state index in [4.69, 9.17) is 0 Å². The molecule has 0 amide bonds. The van der Waals surface area contributed by atoms with Crippen LogP contribution in [-0.4, -0.2) is 18.2 Å². The van der Waals surface area contributed by atoms with Crippen molar-refractivity contribution in [2.75, 3.05) is 4.72 Å². The first-order chi connectivity index (χ1) is 13.0. The fourth-order valence-corrected chi connectivity index (χ4v) is 3.95. The number of hydrogen-bond acceptors (Lipinski definition) is 3. The Morgan fingerprint density at radius 2 is 1.67 bits per heavy atom. The molecule has 0 atom stereocenters. The second-order valence-corrected chi connectivity index (χ2v) is 8.18. The Bertz CT molecular complexity index is 1200. The topological polar surface area (TPSA) is 64.0 Å². The highest BCUT2D eigenvalue weighted by atomic mass is 32.2. The van der Waals surface area contributed by atoms with E-state index in [2.05, 4.69) is 9.82 Å². The highest BCUT2D eigenvalue weighted by Gasteiger charge is 2.16. The second-order valence-electron chi connectivity index (χ2n) is 6.50. The van der Waals surface area contributed by atoms with Crippen LogP contribution >= 0.6 is 0 Å². The maximum atomic E-state index is 12.7. The van der Waals surface area contributed by atoms with Crippen LogP contribution in [0.3, 0.4) is 0 Å². The Hall–Kier alpha value is -3.12. The number of sulfonamides is 1. The number of benzene rings is 3. The van der Waals surface area contributed by atoms with Gasteiger partial charge in [-0.05, 0) is 35.4 Å². The smallest absolute Gasteiger partial charge is 0.263 e. The van der Waals surface area contributed by atoms with Gasteiger partial charge in [-0.1, -0.05) is 60.2 Å². The predicted molar refractivity (Wildman–Crippen MR) is 107 cm³/mol. The van der Waals surface area contributed by atoms with Gasteiger partial charge in [-0.2, -0.15) is 5.10 Å². The number of hydrogen-bond donors (Lipinski definition) is 1. The number of nitrogens with zero attached hydrogens (tertiary/aromatic N) is 2. The molecule has 1 aromatic heterocycles. The van der Waals surface area contributed by atoms with Gasteiger partial charge < -0.3 is 0 Å². The maximum absolute atomic E-state index is 12.7. The van der Waals surface area contributed by atoms with Gasteiger partial charge in [0.1, 0.15) is 0 Å². The quantitative estimate of drug-likeness (QED) is 0.567. The van der Waals surface area contributed by atoms with Gasteiger partial charge in [0.2, 0.25) is 0 Å². The normalized spacial score (nSPS) is 11.6. The highest BCUT2D eigenvalue weighted by Crippen LogP contribution is 2.21. The van der Waals surface area contributed by atoms with Gasteiger partial charge in [0, 0.05) is 12.3 Å². The molecule has 3 aromatic carbocycles. The summed E-state index contributed by atoms with van der Waals surface area (Å²) >= 11 is 0. The molecule has 6 heteroatoms. The second kappa shape index (κ2) is 6.89. The molecular formula is C21H19N3O2S. The molecule has 0 fully saturated rings. The SMILES string of the molecule is Cc1ccc(Cn2ccc(NS(=O)(=O)c3ccc4ccccc4c3)n2)cc1. The van der Waals surface area contributed by atoms with Crippen molar-refractivity contribution in [3.63, 3.8) is 0 Å². The van der Waals surface area contributed by atoms with Gasteiger partial charge in [-0.15, -0.1) is 0 Å². The lowest BCUT2D eigenvalue weighted by atomic mass is 10.1. The lowest BCUT2D eigenvalue weighted by Crippen LogP contribution is -2.13. The van der Waals surface area contributed by atoms with Crippen molar-refractivity contribution in [3.05, 3.63) is 90.1 Å². The monoisotopic (exact) mass is 377 g/mol. The van der Waals surface area contributed by atoms with E-state index >= 15 is 0 Å². The lowest BCUT2D eigenvalue weighted by molar-refractivity contribution is 0.600. The molecule has 0 aliphatic carbocycles. The first-order valence-electron chi connectivity index (χ1n) is 8.60. The first-order valence-corrected chi connectivity index (χ1v) is 10.1. The summed E-state index contributed by atoms with van der Waals surface area (Å²) in [6.07, 6.45) is 1.76. The third-order valence-electron chi connectivity index (χ3n) is 4.38.